The first-order valence-corrected chi connectivity index (χ1v) is 5.51. The normalized spacial score (nSPS) is 20.1. The van der Waals surface area contributed by atoms with Crippen molar-refractivity contribution in [2.75, 3.05) is 11.4 Å². The van der Waals surface area contributed by atoms with E-state index in [-0.39, 0.29) is 11.4 Å². The van der Waals surface area contributed by atoms with Crippen LogP contribution in [0.1, 0.15) is 25.3 Å². The summed E-state index contributed by atoms with van der Waals surface area (Å²) in [5.74, 6) is -0.615. The molecule has 1 aliphatic heterocycles. The van der Waals surface area contributed by atoms with Crippen molar-refractivity contribution in [1.82, 2.24) is 0 Å². The number of halogens is 1. The minimum absolute atomic E-state index is 0.202. The molecule has 1 atom stereocenters. The number of rotatable bonds is 2. The number of benzene rings is 1. The van der Waals surface area contributed by atoms with E-state index in [1.165, 1.54) is 6.07 Å². The maximum atomic E-state index is 13.6. The average molecular weight is 221 g/mol. The lowest BCUT2D eigenvalue weighted by Gasteiger charge is -2.26. The predicted octanol–water partition coefficient (Wildman–Crippen LogP) is 2.10. The Balaban J connectivity index is 2.47. The molecule has 0 bridgehead atoms. The van der Waals surface area contributed by atoms with Gasteiger partial charge in [0.1, 0.15) is 11.7 Å². The van der Waals surface area contributed by atoms with Crippen molar-refractivity contribution >= 4 is 11.5 Å². The van der Waals surface area contributed by atoms with Crippen molar-refractivity contribution in [3.63, 3.8) is 0 Å². The summed E-state index contributed by atoms with van der Waals surface area (Å²) < 4.78 is 13.6. The first kappa shape index (κ1) is 10.9. The van der Waals surface area contributed by atoms with Gasteiger partial charge in [0, 0.05) is 12.6 Å². The summed E-state index contributed by atoms with van der Waals surface area (Å²) in [6.07, 6.45) is 2.21. The molecule has 1 unspecified atom stereocenters. The molecule has 1 aliphatic rings. The molecule has 0 saturated carbocycles. The van der Waals surface area contributed by atoms with Crippen molar-refractivity contribution in [1.29, 1.82) is 5.41 Å². The molecule has 0 aromatic heterocycles. The molecule has 86 valence electrons. The molecule has 2 rings (SSSR count). The lowest BCUT2D eigenvalue weighted by molar-refractivity contribution is 0.622. The van der Waals surface area contributed by atoms with E-state index < -0.39 is 5.82 Å². The van der Waals surface area contributed by atoms with Crippen LogP contribution in [0.4, 0.5) is 10.1 Å². The predicted molar refractivity (Wildman–Crippen MR) is 63.5 cm³/mol. The lowest BCUT2D eigenvalue weighted by Crippen LogP contribution is -2.29. The lowest BCUT2D eigenvalue weighted by atomic mass is 10.1. The third-order valence-corrected chi connectivity index (χ3v) is 3.12. The SMILES string of the molecule is CC1CCCN1c1cccc(F)c1C(=N)N. The molecule has 0 aliphatic carbocycles. The summed E-state index contributed by atoms with van der Waals surface area (Å²) in [6, 6.07) is 5.24. The first-order valence-electron chi connectivity index (χ1n) is 5.51. The zero-order chi connectivity index (χ0) is 11.7. The van der Waals surface area contributed by atoms with Crippen molar-refractivity contribution < 1.29 is 4.39 Å². The van der Waals surface area contributed by atoms with E-state index in [2.05, 4.69) is 11.8 Å². The number of nitrogens with one attached hydrogen (secondary N) is 1. The molecule has 1 heterocycles. The Bertz CT molecular complexity index is 417. The van der Waals surface area contributed by atoms with Gasteiger partial charge in [-0.2, -0.15) is 0 Å². The largest absolute Gasteiger partial charge is 0.384 e. The standard InChI is InChI=1S/C12H16FN3/c1-8-4-3-7-16(8)10-6-2-5-9(13)11(10)12(14)15/h2,5-6,8H,3-4,7H2,1H3,(H3,14,15). The molecule has 1 aromatic carbocycles. The molecule has 16 heavy (non-hydrogen) atoms. The molecular weight excluding hydrogens is 205 g/mol. The van der Waals surface area contributed by atoms with Crippen LogP contribution in [0.3, 0.4) is 0 Å². The van der Waals surface area contributed by atoms with Gasteiger partial charge in [-0.25, -0.2) is 4.39 Å². The maximum absolute atomic E-state index is 13.6. The summed E-state index contributed by atoms with van der Waals surface area (Å²) in [5.41, 5.74) is 6.43. The molecule has 1 saturated heterocycles. The fourth-order valence-corrected chi connectivity index (χ4v) is 2.31. The van der Waals surface area contributed by atoms with Gasteiger partial charge >= 0.3 is 0 Å². The van der Waals surface area contributed by atoms with Crippen LogP contribution in [0, 0.1) is 11.2 Å². The maximum Gasteiger partial charge on any atom is 0.136 e. The van der Waals surface area contributed by atoms with Crippen LogP contribution in [0.5, 0.6) is 0 Å². The highest BCUT2D eigenvalue weighted by Gasteiger charge is 2.24. The van der Waals surface area contributed by atoms with Gasteiger partial charge in [0.05, 0.1) is 11.3 Å². The smallest absolute Gasteiger partial charge is 0.136 e. The Kier molecular flexibility index (Phi) is 2.81. The highest BCUT2D eigenvalue weighted by molar-refractivity contribution is 6.00. The number of hydrogen-bond donors (Lipinski definition) is 2. The van der Waals surface area contributed by atoms with E-state index in [9.17, 15) is 4.39 Å². The summed E-state index contributed by atoms with van der Waals surface area (Å²) >= 11 is 0. The Morgan fingerprint density at radius 2 is 2.31 bits per heavy atom. The summed E-state index contributed by atoms with van der Waals surface area (Å²) in [5, 5.41) is 7.46. The van der Waals surface area contributed by atoms with Crippen molar-refractivity contribution in [3.05, 3.63) is 29.6 Å². The molecule has 0 amide bonds. The van der Waals surface area contributed by atoms with Gasteiger partial charge in [0.25, 0.3) is 0 Å². The van der Waals surface area contributed by atoms with Crippen LogP contribution in [0.2, 0.25) is 0 Å². The van der Waals surface area contributed by atoms with E-state index >= 15 is 0 Å². The topological polar surface area (TPSA) is 53.1 Å². The molecule has 1 aromatic rings. The fourth-order valence-electron chi connectivity index (χ4n) is 2.31. The monoisotopic (exact) mass is 221 g/mol. The molecule has 0 radical (unpaired) electrons. The minimum Gasteiger partial charge on any atom is -0.384 e. The second-order valence-corrected chi connectivity index (χ2v) is 4.23. The van der Waals surface area contributed by atoms with Crippen molar-refractivity contribution in [3.8, 4) is 0 Å². The zero-order valence-corrected chi connectivity index (χ0v) is 9.33. The van der Waals surface area contributed by atoms with Gasteiger partial charge in [0.2, 0.25) is 0 Å². The van der Waals surface area contributed by atoms with Gasteiger partial charge in [-0.15, -0.1) is 0 Å². The molecule has 3 N–H and O–H groups in total. The van der Waals surface area contributed by atoms with Crippen LogP contribution < -0.4 is 10.6 Å². The number of nitrogen functional groups attached to an aromatic ring is 1. The first-order chi connectivity index (χ1) is 7.61. The van der Waals surface area contributed by atoms with Crippen molar-refractivity contribution in [2.45, 2.75) is 25.8 Å². The van der Waals surface area contributed by atoms with Gasteiger partial charge in [-0.05, 0) is 31.9 Å². The van der Waals surface area contributed by atoms with Gasteiger partial charge in [0.15, 0.2) is 0 Å². The summed E-state index contributed by atoms with van der Waals surface area (Å²) in [4.78, 5) is 2.12. The van der Waals surface area contributed by atoms with Crippen LogP contribution in [-0.4, -0.2) is 18.4 Å². The highest BCUT2D eigenvalue weighted by atomic mass is 19.1. The van der Waals surface area contributed by atoms with Gasteiger partial charge < -0.3 is 10.6 Å². The van der Waals surface area contributed by atoms with E-state index in [1.54, 1.807) is 6.07 Å². The quantitative estimate of drug-likeness (QED) is 0.593. The van der Waals surface area contributed by atoms with E-state index in [4.69, 9.17) is 11.1 Å². The third-order valence-electron chi connectivity index (χ3n) is 3.12. The van der Waals surface area contributed by atoms with E-state index in [0.29, 0.717) is 6.04 Å². The number of nitrogens with two attached hydrogens (primary N) is 1. The Hall–Kier alpha value is -1.58. The molecule has 4 heteroatoms. The third kappa shape index (κ3) is 1.75. The Labute approximate surface area is 94.6 Å². The van der Waals surface area contributed by atoms with Crippen LogP contribution in [0.25, 0.3) is 0 Å². The second-order valence-electron chi connectivity index (χ2n) is 4.23. The van der Waals surface area contributed by atoms with Crippen molar-refractivity contribution in [2.24, 2.45) is 5.73 Å². The van der Waals surface area contributed by atoms with Crippen LogP contribution in [-0.2, 0) is 0 Å². The number of hydrogen-bond acceptors (Lipinski definition) is 2. The summed E-state index contributed by atoms with van der Waals surface area (Å²) in [6.45, 7) is 3.02. The number of amidine groups is 1. The molecule has 1 fully saturated rings. The fraction of sp³-hybridized carbons (Fsp3) is 0.417. The molecular formula is C12H16FN3. The Morgan fingerprint density at radius 1 is 1.56 bits per heavy atom. The van der Waals surface area contributed by atoms with E-state index in [1.807, 2.05) is 6.07 Å². The highest BCUT2D eigenvalue weighted by Crippen LogP contribution is 2.29. The van der Waals surface area contributed by atoms with Gasteiger partial charge in [-0.1, -0.05) is 6.07 Å². The average Bonchev–Trinajstić information content (AvgIpc) is 2.63. The van der Waals surface area contributed by atoms with Gasteiger partial charge in [-0.3, -0.25) is 5.41 Å². The number of anilines is 1. The summed E-state index contributed by atoms with van der Waals surface area (Å²) in [7, 11) is 0. The van der Waals surface area contributed by atoms with E-state index in [0.717, 1.165) is 25.1 Å². The molecule has 3 nitrogen and oxygen atoms in total. The Morgan fingerprint density at radius 3 is 2.88 bits per heavy atom. The van der Waals surface area contributed by atoms with Crippen LogP contribution in [0.15, 0.2) is 18.2 Å². The molecule has 0 spiro atoms. The second kappa shape index (κ2) is 4.12. The minimum atomic E-state index is -0.413. The number of nitrogens with zero attached hydrogens (tertiary/aromatic N) is 1. The zero-order valence-electron chi connectivity index (χ0n) is 9.33. The van der Waals surface area contributed by atoms with Crippen LogP contribution >= 0.6 is 0 Å².